The van der Waals surface area contributed by atoms with Crippen molar-refractivity contribution in [3.05, 3.63) is 104 Å². The number of benzene rings is 1. The van der Waals surface area contributed by atoms with Gasteiger partial charge in [0.05, 0.1) is 40.4 Å². The summed E-state index contributed by atoms with van der Waals surface area (Å²) in [5.41, 5.74) is 15.1. The number of hydrogen-bond donors (Lipinski definition) is 4. The second-order valence-electron chi connectivity index (χ2n) is 15.2. The zero-order valence-electron chi connectivity index (χ0n) is 28.8. The Morgan fingerprint density at radius 3 is 1.94 bits per heavy atom. The summed E-state index contributed by atoms with van der Waals surface area (Å²) in [6.07, 6.45) is 13.4. The Morgan fingerprint density at radius 2 is 1.37 bits per heavy atom. The molecule has 4 N–H and O–H groups in total. The van der Waals surface area contributed by atoms with E-state index in [-0.39, 0.29) is 28.9 Å². The Hall–Kier alpha value is -5.22. The zero-order chi connectivity index (χ0) is 35.4. The van der Waals surface area contributed by atoms with Crippen molar-refractivity contribution in [1.82, 2.24) is 30.6 Å². The van der Waals surface area contributed by atoms with Crippen molar-refractivity contribution in [1.29, 1.82) is 0 Å². The summed E-state index contributed by atoms with van der Waals surface area (Å²) < 4.78 is 5.13. The maximum absolute atomic E-state index is 12.8. The predicted octanol–water partition coefficient (Wildman–Crippen LogP) is 6.48. The van der Waals surface area contributed by atoms with Crippen LogP contribution in [0.1, 0.15) is 97.3 Å². The molecule has 5 aromatic rings. The Labute approximate surface area is 305 Å². The molecule has 10 nitrogen and oxygen atoms in total. The third-order valence-electron chi connectivity index (χ3n) is 11.7. The number of H-pyrrole nitrogens is 2. The van der Waals surface area contributed by atoms with Crippen molar-refractivity contribution >= 4 is 29.4 Å². The van der Waals surface area contributed by atoms with Gasteiger partial charge in [-0.3, -0.25) is 14.6 Å². The molecule has 0 bridgehead atoms. The SMILES string of the molecule is CCOC(=O)c1cccc(-c2cc3c(cn2)CCc2c-3[nH]c3c2C(=O)NC2(CC2)C3)c1.O=C1NC2(CC2)Cc2[nH]c3c(c21)CCc1cnc(Cl)cc1-3. The van der Waals surface area contributed by atoms with Crippen LogP contribution in [0.3, 0.4) is 0 Å². The number of rotatable bonds is 3. The van der Waals surface area contributed by atoms with E-state index >= 15 is 0 Å². The van der Waals surface area contributed by atoms with Gasteiger partial charge >= 0.3 is 5.97 Å². The van der Waals surface area contributed by atoms with E-state index in [4.69, 9.17) is 16.3 Å². The van der Waals surface area contributed by atoms with Crippen LogP contribution in [0.4, 0.5) is 0 Å². The van der Waals surface area contributed by atoms with Crippen molar-refractivity contribution < 1.29 is 19.1 Å². The fourth-order valence-electron chi connectivity index (χ4n) is 8.75. The number of fused-ring (bicyclic) bond motifs is 10. The van der Waals surface area contributed by atoms with E-state index in [1.165, 1.54) is 11.1 Å². The van der Waals surface area contributed by atoms with Crippen molar-refractivity contribution in [2.45, 2.75) is 82.2 Å². The first-order valence-corrected chi connectivity index (χ1v) is 18.6. The highest BCUT2D eigenvalue weighted by molar-refractivity contribution is 6.29. The van der Waals surface area contributed by atoms with E-state index in [0.717, 1.165) is 132 Å². The van der Waals surface area contributed by atoms with Gasteiger partial charge in [0.15, 0.2) is 0 Å². The van der Waals surface area contributed by atoms with Gasteiger partial charge in [0, 0.05) is 64.4 Å². The van der Waals surface area contributed by atoms with Gasteiger partial charge in [-0.1, -0.05) is 23.7 Å². The number of halogens is 1. The number of aromatic nitrogens is 4. The van der Waals surface area contributed by atoms with E-state index in [1.54, 1.807) is 13.0 Å². The maximum atomic E-state index is 12.8. The third-order valence-corrected chi connectivity index (χ3v) is 12.0. The fraction of sp³-hybridized carbons (Fsp3) is 0.341. The molecule has 6 heterocycles. The van der Waals surface area contributed by atoms with Crippen molar-refractivity contribution in [3.8, 4) is 33.8 Å². The predicted molar refractivity (Wildman–Crippen MR) is 196 cm³/mol. The van der Waals surface area contributed by atoms with Gasteiger partial charge in [-0.2, -0.15) is 0 Å². The van der Waals surface area contributed by atoms with Gasteiger partial charge in [-0.25, -0.2) is 9.78 Å². The summed E-state index contributed by atoms with van der Waals surface area (Å²) in [5, 5.41) is 6.93. The van der Waals surface area contributed by atoms with Crippen LogP contribution in [0.2, 0.25) is 5.15 Å². The van der Waals surface area contributed by atoms with Gasteiger partial charge in [0.1, 0.15) is 5.15 Å². The molecule has 2 aliphatic heterocycles. The first-order valence-electron chi connectivity index (χ1n) is 18.3. The van der Waals surface area contributed by atoms with Gasteiger partial charge < -0.3 is 25.3 Å². The summed E-state index contributed by atoms with van der Waals surface area (Å²) in [4.78, 5) is 53.4. The summed E-state index contributed by atoms with van der Waals surface area (Å²) >= 11 is 6.05. The molecule has 0 radical (unpaired) electrons. The molecule has 0 unspecified atom stereocenters. The normalized spacial score (nSPS) is 18.7. The van der Waals surface area contributed by atoms with E-state index < -0.39 is 0 Å². The summed E-state index contributed by atoms with van der Waals surface area (Å²) in [7, 11) is 0. The second-order valence-corrected chi connectivity index (χ2v) is 15.6. The Kier molecular flexibility index (Phi) is 6.90. The Morgan fingerprint density at radius 1 is 0.788 bits per heavy atom. The number of aromatic amines is 2. The quantitative estimate of drug-likeness (QED) is 0.125. The molecule has 2 fully saturated rings. The minimum Gasteiger partial charge on any atom is -0.462 e. The molecule has 1 aromatic carbocycles. The number of aryl methyl sites for hydroxylation is 2. The molecule has 0 atom stereocenters. The van der Waals surface area contributed by atoms with Crippen LogP contribution in [-0.2, 0) is 43.3 Å². The summed E-state index contributed by atoms with van der Waals surface area (Å²) in [6.45, 7) is 2.14. The molecule has 11 heteroatoms. The molecule has 262 valence electrons. The number of carbonyl (C=O) groups is 3. The number of nitrogens with one attached hydrogen (secondary N) is 4. The van der Waals surface area contributed by atoms with Crippen LogP contribution in [-0.4, -0.2) is 55.4 Å². The van der Waals surface area contributed by atoms with Crippen molar-refractivity contribution in [2.75, 3.05) is 6.61 Å². The Bertz CT molecular complexity index is 2380. The number of pyridine rings is 2. The molecular formula is C41H37ClN6O4. The molecule has 2 saturated carbocycles. The standard InChI is InChI=1S/C25H23N3O3.C16H14ClN3O/c1-2-31-24(30)15-5-3-4-14(10-15)19-11-18-16(13-26-19)6-7-17-21-20(27-22(17)18)12-25(8-9-25)28-23(21)29;17-12-5-10-8(7-18-12)1-2-9-13-11(19-14(9)10)6-16(3-4-16)20-15(13)21/h3-5,10-11,13,27H,2,6-9,12H2,1H3,(H,28,29);5,7,19H,1-4,6H2,(H,20,21). The fourth-order valence-corrected chi connectivity index (χ4v) is 8.90. The lowest BCUT2D eigenvalue weighted by atomic mass is 9.87. The molecular weight excluding hydrogens is 676 g/mol. The smallest absolute Gasteiger partial charge is 0.338 e. The molecule has 0 saturated heterocycles. The molecule has 4 aromatic heterocycles. The number of hydrogen-bond acceptors (Lipinski definition) is 6. The van der Waals surface area contributed by atoms with Crippen LogP contribution in [0.25, 0.3) is 33.8 Å². The van der Waals surface area contributed by atoms with Gasteiger partial charge in [-0.15, -0.1) is 0 Å². The van der Waals surface area contributed by atoms with Crippen LogP contribution < -0.4 is 10.6 Å². The minimum atomic E-state index is -0.332. The van der Waals surface area contributed by atoms with E-state index in [1.807, 2.05) is 36.7 Å². The lowest BCUT2D eigenvalue weighted by Gasteiger charge is -2.24. The number of nitrogens with zero attached hydrogens (tertiary/aromatic N) is 2. The van der Waals surface area contributed by atoms with Crippen LogP contribution in [0.15, 0.2) is 48.8 Å². The highest BCUT2D eigenvalue weighted by atomic mass is 35.5. The van der Waals surface area contributed by atoms with E-state index in [0.29, 0.717) is 17.3 Å². The van der Waals surface area contributed by atoms with Crippen LogP contribution in [0, 0.1) is 0 Å². The largest absolute Gasteiger partial charge is 0.462 e. The number of esters is 1. The van der Waals surface area contributed by atoms with E-state index in [2.05, 4.69) is 36.6 Å². The van der Waals surface area contributed by atoms with Gasteiger partial charge in [0.25, 0.3) is 11.8 Å². The summed E-state index contributed by atoms with van der Waals surface area (Å²) in [6, 6.07) is 11.3. The first kappa shape index (κ1) is 31.5. The molecule has 2 amide bonds. The zero-order valence-corrected chi connectivity index (χ0v) is 29.6. The highest BCUT2D eigenvalue weighted by Gasteiger charge is 2.50. The van der Waals surface area contributed by atoms with Crippen LogP contribution in [0.5, 0.6) is 0 Å². The van der Waals surface area contributed by atoms with Gasteiger partial charge in [-0.05, 0) is 105 Å². The molecule has 2 spiro atoms. The molecule has 52 heavy (non-hydrogen) atoms. The topological polar surface area (TPSA) is 142 Å². The average Bonchev–Trinajstić information content (AvgIpc) is 3.98. The molecule has 6 aliphatic rings. The first-order chi connectivity index (χ1) is 25.2. The lowest BCUT2D eigenvalue weighted by molar-refractivity contribution is 0.0526. The minimum absolute atomic E-state index is 0.0166. The number of ether oxygens (including phenoxy) is 1. The van der Waals surface area contributed by atoms with Crippen LogP contribution >= 0.6 is 11.6 Å². The number of carbonyl (C=O) groups excluding carboxylic acids is 3. The Balaban J connectivity index is 0.000000140. The lowest BCUT2D eigenvalue weighted by Crippen LogP contribution is -2.43. The average molecular weight is 713 g/mol. The monoisotopic (exact) mass is 712 g/mol. The number of amides is 2. The second kappa shape index (κ2) is 11.4. The maximum Gasteiger partial charge on any atom is 0.338 e. The van der Waals surface area contributed by atoms with E-state index in [9.17, 15) is 14.4 Å². The van der Waals surface area contributed by atoms with Gasteiger partial charge in [0.2, 0.25) is 0 Å². The summed E-state index contributed by atoms with van der Waals surface area (Å²) in [5.74, 6) is -0.173. The third kappa shape index (κ3) is 5.10. The van der Waals surface area contributed by atoms with Crippen molar-refractivity contribution in [3.63, 3.8) is 0 Å². The molecule has 4 aliphatic carbocycles. The molecule has 11 rings (SSSR count). The van der Waals surface area contributed by atoms with Crippen molar-refractivity contribution in [2.24, 2.45) is 0 Å². The highest BCUT2D eigenvalue weighted by Crippen LogP contribution is 2.47.